The summed E-state index contributed by atoms with van der Waals surface area (Å²) in [5, 5.41) is 1.65. The number of hydrogen-bond donors (Lipinski definition) is 0. The lowest BCUT2D eigenvalue weighted by Gasteiger charge is -2.02. The van der Waals surface area contributed by atoms with Crippen molar-refractivity contribution < 1.29 is 4.42 Å². The quantitative estimate of drug-likeness (QED) is 0.729. The van der Waals surface area contributed by atoms with Gasteiger partial charge in [0.25, 0.3) is 0 Å². The summed E-state index contributed by atoms with van der Waals surface area (Å²) in [7, 11) is 0. The van der Waals surface area contributed by atoms with Crippen molar-refractivity contribution in [2.75, 3.05) is 0 Å². The molecule has 90 valence electrons. The molecule has 0 aliphatic carbocycles. The molecule has 0 N–H and O–H groups in total. The van der Waals surface area contributed by atoms with Gasteiger partial charge in [-0.2, -0.15) is 0 Å². The summed E-state index contributed by atoms with van der Waals surface area (Å²) in [6.45, 7) is 2.19. The predicted octanol–water partition coefficient (Wildman–Crippen LogP) is 3.92. The van der Waals surface area contributed by atoms with Gasteiger partial charge in [-0.05, 0) is 23.9 Å². The third-order valence-electron chi connectivity index (χ3n) is 3.00. The monoisotopic (exact) mass is 230 g/mol. The van der Waals surface area contributed by atoms with Crippen molar-refractivity contribution in [3.63, 3.8) is 0 Å². The first-order valence-electron chi connectivity index (χ1n) is 6.33. The van der Waals surface area contributed by atoms with Crippen LogP contribution in [0.2, 0.25) is 0 Å². The zero-order chi connectivity index (χ0) is 12.1. The van der Waals surface area contributed by atoms with Crippen LogP contribution < -0.4 is 5.63 Å². The Morgan fingerprint density at radius 2 is 1.94 bits per heavy atom. The highest BCUT2D eigenvalue weighted by atomic mass is 16.4. The molecule has 2 nitrogen and oxygen atoms in total. The molecule has 0 unspecified atom stereocenters. The molecule has 2 heteroatoms. The Kier molecular flexibility index (Phi) is 3.97. The predicted molar refractivity (Wildman–Crippen MR) is 70.3 cm³/mol. The zero-order valence-corrected chi connectivity index (χ0v) is 10.2. The largest absolute Gasteiger partial charge is 0.427 e. The fourth-order valence-corrected chi connectivity index (χ4v) is 2.03. The van der Waals surface area contributed by atoms with Gasteiger partial charge in [0.2, 0.25) is 0 Å². The molecule has 0 amide bonds. The first-order valence-corrected chi connectivity index (χ1v) is 6.33. The summed E-state index contributed by atoms with van der Waals surface area (Å²) < 4.78 is 5.32. The summed E-state index contributed by atoms with van der Waals surface area (Å²) in [6, 6.07) is 9.56. The van der Waals surface area contributed by atoms with Crippen molar-refractivity contribution in [3.05, 3.63) is 46.5 Å². The fraction of sp³-hybridized carbons (Fsp3) is 0.400. The van der Waals surface area contributed by atoms with Gasteiger partial charge in [0.15, 0.2) is 0 Å². The van der Waals surface area contributed by atoms with E-state index in [1.807, 2.05) is 30.3 Å². The smallest absolute Gasteiger partial charge is 0.343 e. The first kappa shape index (κ1) is 11.9. The minimum Gasteiger partial charge on any atom is -0.427 e. The molecular formula is C15H18O2. The van der Waals surface area contributed by atoms with Crippen LogP contribution in [0.1, 0.15) is 38.4 Å². The molecule has 0 saturated heterocycles. The summed E-state index contributed by atoms with van der Waals surface area (Å²) in [5.41, 5.74) is -0.214. The molecule has 0 atom stereocenters. The minimum atomic E-state index is -0.214. The molecule has 2 rings (SSSR count). The van der Waals surface area contributed by atoms with Gasteiger partial charge < -0.3 is 4.42 Å². The van der Waals surface area contributed by atoms with E-state index >= 15 is 0 Å². The molecule has 0 spiro atoms. The topological polar surface area (TPSA) is 30.2 Å². The molecule has 0 bridgehead atoms. The summed E-state index contributed by atoms with van der Waals surface area (Å²) >= 11 is 0. The van der Waals surface area contributed by atoms with E-state index in [-0.39, 0.29) is 5.63 Å². The van der Waals surface area contributed by atoms with E-state index in [9.17, 15) is 4.79 Å². The van der Waals surface area contributed by atoms with Crippen molar-refractivity contribution in [1.82, 2.24) is 0 Å². The van der Waals surface area contributed by atoms with Crippen LogP contribution in [0.15, 0.2) is 39.5 Å². The van der Waals surface area contributed by atoms with Crippen molar-refractivity contribution in [1.29, 1.82) is 0 Å². The van der Waals surface area contributed by atoms with Crippen LogP contribution in [0, 0.1) is 0 Å². The molecule has 1 heterocycles. The SMILES string of the molecule is CCCCCCc1cc2ccccc2c(=O)o1. The van der Waals surface area contributed by atoms with E-state index in [0.717, 1.165) is 24.0 Å². The minimum absolute atomic E-state index is 0.214. The van der Waals surface area contributed by atoms with Crippen LogP contribution in [0.5, 0.6) is 0 Å². The van der Waals surface area contributed by atoms with E-state index in [0.29, 0.717) is 5.39 Å². The van der Waals surface area contributed by atoms with Crippen LogP contribution in [0.25, 0.3) is 10.8 Å². The Balaban J connectivity index is 2.16. The Bertz CT molecular complexity index is 540. The lowest BCUT2D eigenvalue weighted by Crippen LogP contribution is -2.02. The van der Waals surface area contributed by atoms with Gasteiger partial charge in [0, 0.05) is 6.42 Å². The third-order valence-corrected chi connectivity index (χ3v) is 3.00. The van der Waals surface area contributed by atoms with Gasteiger partial charge in [0.05, 0.1) is 5.39 Å². The van der Waals surface area contributed by atoms with E-state index in [1.54, 1.807) is 0 Å². The van der Waals surface area contributed by atoms with Crippen LogP contribution in [-0.2, 0) is 6.42 Å². The molecule has 0 aliphatic heterocycles. The van der Waals surface area contributed by atoms with E-state index < -0.39 is 0 Å². The summed E-state index contributed by atoms with van der Waals surface area (Å²) in [6.07, 6.45) is 5.63. The highest BCUT2D eigenvalue weighted by Crippen LogP contribution is 2.13. The van der Waals surface area contributed by atoms with E-state index in [2.05, 4.69) is 6.92 Å². The summed E-state index contributed by atoms with van der Waals surface area (Å²) in [5.74, 6) is 0.810. The normalized spacial score (nSPS) is 10.9. The number of aryl methyl sites for hydroxylation is 1. The molecular weight excluding hydrogens is 212 g/mol. The van der Waals surface area contributed by atoms with Gasteiger partial charge in [0.1, 0.15) is 5.76 Å². The lowest BCUT2D eigenvalue weighted by atomic mass is 10.1. The Labute approximate surface area is 101 Å². The van der Waals surface area contributed by atoms with Gasteiger partial charge in [-0.1, -0.05) is 44.4 Å². The fourth-order valence-electron chi connectivity index (χ4n) is 2.03. The molecule has 0 aliphatic rings. The maximum absolute atomic E-state index is 11.7. The Morgan fingerprint density at radius 1 is 1.12 bits per heavy atom. The van der Waals surface area contributed by atoms with Crippen LogP contribution in [0.3, 0.4) is 0 Å². The molecule has 0 saturated carbocycles. The second kappa shape index (κ2) is 5.67. The van der Waals surface area contributed by atoms with Gasteiger partial charge in [-0.3, -0.25) is 0 Å². The van der Waals surface area contributed by atoms with Crippen molar-refractivity contribution in [2.45, 2.75) is 39.0 Å². The summed E-state index contributed by atoms with van der Waals surface area (Å²) in [4.78, 5) is 11.7. The molecule has 17 heavy (non-hydrogen) atoms. The standard InChI is InChI=1S/C15H18O2/c1-2-3-4-5-9-13-11-12-8-6-7-10-14(12)15(16)17-13/h6-8,10-11H,2-5,9H2,1H3. The third kappa shape index (κ3) is 2.96. The average Bonchev–Trinajstić information content (AvgIpc) is 2.35. The molecule has 0 fully saturated rings. The average molecular weight is 230 g/mol. The van der Waals surface area contributed by atoms with Gasteiger partial charge in [-0.25, -0.2) is 4.79 Å². The van der Waals surface area contributed by atoms with Crippen molar-refractivity contribution in [3.8, 4) is 0 Å². The second-order valence-corrected chi connectivity index (χ2v) is 4.40. The maximum Gasteiger partial charge on any atom is 0.343 e. The number of unbranched alkanes of at least 4 members (excludes halogenated alkanes) is 3. The number of hydrogen-bond acceptors (Lipinski definition) is 2. The van der Waals surface area contributed by atoms with Crippen LogP contribution in [0.4, 0.5) is 0 Å². The number of fused-ring (bicyclic) bond motifs is 1. The number of benzene rings is 1. The Hall–Kier alpha value is -1.57. The highest BCUT2D eigenvalue weighted by molar-refractivity contribution is 5.81. The van der Waals surface area contributed by atoms with Gasteiger partial charge >= 0.3 is 5.63 Å². The van der Waals surface area contributed by atoms with Crippen LogP contribution in [-0.4, -0.2) is 0 Å². The lowest BCUT2D eigenvalue weighted by molar-refractivity contribution is 0.456. The second-order valence-electron chi connectivity index (χ2n) is 4.40. The zero-order valence-electron chi connectivity index (χ0n) is 10.2. The molecule has 1 aromatic carbocycles. The molecule has 2 aromatic rings. The number of rotatable bonds is 5. The highest BCUT2D eigenvalue weighted by Gasteiger charge is 2.03. The van der Waals surface area contributed by atoms with Gasteiger partial charge in [-0.15, -0.1) is 0 Å². The molecule has 1 aromatic heterocycles. The van der Waals surface area contributed by atoms with Crippen molar-refractivity contribution >= 4 is 10.8 Å². The van der Waals surface area contributed by atoms with Crippen LogP contribution >= 0.6 is 0 Å². The first-order chi connectivity index (χ1) is 8.31. The Morgan fingerprint density at radius 3 is 2.76 bits per heavy atom. The van der Waals surface area contributed by atoms with Crippen molar-refractivity contribution in [2.24, 2.45) is 0 Å². The molecule has 0 radical (unpaired) electrons. The van der Waals surface area contributed by atoms with E-state index in [4.69, 9.17) is 4.42 Å². The maximum atomic E-state index is 11.7. The van der Waals surface area contributed by atoms with E-state index in [1.165, 1.54) is 19.3 Å².